The fraction of sp³-hybridized carbons (Fsp3) is 0.526. The first kappa shape index (κ1) is 21.0. The topological polar surface area (TPSA) is 81.2 Å². The normalized spacial score (nSPS) is 13.5. The van der Waals surface area contributed by atoms with Gasteiger partial charge >= 0.3 is 5.97 Å². The first-order valence-electron chi connectivity index (χ1n) is 9.15. The molecular weight excluding hydrogens is 366 g/mol. The first-order valence-corrected chi connectivity index (χ1v) is 9.56. The number of esters is 1. The fourth-order valence-corrected chi connectivity index (χ4v) is 2.65. The van der Waals surface area contributed by atoms with E-state index in [-0.39, 0.29) is 5.97 Å². The van der Waals surface area contributed by atoms with Crippen molar-refractivity contribution >= 4 is 29.0 Å². The summed E-state index contributed by atoms with van der Waals surface area (Å²) in [5.74, 6) is 1.34. The molecule has 1 aliphatic heterocycles. The quantitative estimate of drug-likeness (QED) is 0.231. The monoisotopic (exact) mass is 393 g/mol. The molecule has 0 aliphatic carbocycles. The molecule has 2 N–H and O–H groups in total. The zero-order valence-electron chi connectivity index (χ0n) is 15.9. The van der Waals surface area contributed by atoms with Crippen LogP contribution in [0.4, 0.5) is 0 Å². The van der Waals surface area contributed by atoms with Crippen molar-refractivity contribution in [3.05, 3.63) is 23.8 Å². The van der Waals surface area contributed by atoms with E-state index in [1.54, 1.807) is 0 Å². The Morgan fingerprint density at radius 2 is 2.00 bits per heavy atom. The van der Waals surface area contributed by atoms with E-state index < -0.39 is 0 Å². The summed E-state index contributed by atoms with van der Waals surface area (Å²) in [6, 6.07) is 5.78. The number of carbonyl (C=O) groups is 1. The lowest BCUT2D eigenvalue weighted by Gasteiger charge is -2.10. The number of unbranched alkanes of at least 4 members (excludes halogenated alkanes) is 2. The van der Waals surface area contributed by atoms with Crippen molar-refractivity contribution in [3.63, 3.8) is 0 Å². The zero-order valence-corrected chi connectivity index (χ0v) is 16.7. The van der Waals surface area contributed by atoms with Crippen LogP contribution >= 0.6 is 12.2 Å². The van der Waals surface area contributed by atoms with Crippen molar-refractivity contribution in [1.29, 1.82) is 0 Å². The van der Waals surface area contributed by atoms with Crippen LogP contribution in [0, 0.1) is 0 Å². The molecule has 0 saturated carbocycles. The minimum Gasteiger partial charge on any atom is -0.490 e. The third-order valence-electron chi connectivity index (χ3n) is 4.06. The Hall–Kier alpha value is -2.35. The van der Waals surface area contributed by atoms with E-state index in [4.69, 9.17) is 21.7 Å². The number of hydrogen-bond acceptors (Lipinski definition) is 6. The number of nitrogens with one attached hydrogen (secondary N) is 2. The Labute approximate surface area is 165 Å². The average molecular weight is 394 g/mol. The molecule has 1 aromatic rings. The minimum absolute atomic E-state index is 0.167. The minimum atomic E-state index is -0.167. The number of fused-ring (bicyclic) bond motifs is 1. The van der Waals surface area contributed by atoms with Crippen LogP contribution in [0.2, 0.25) is 0 Å². The number of nitrogens with zero attached hydrogens (tertiary/aromatic N) is 1. The highest BCUT2D eigenvalue weighted by Gasteiger charge is 2.11. The maximum absolute atomic E-state index is 11.0. The lowest BCUT2D eigenvalue weighted by molar-refractivity contribution is -0.140. The molecular formula is C19H27N3O4S. The van der Waals surface area contributed by atoms with Gasteiger partial charge in [0.05, 0.1) is 26.0 Å². The molecule has 0 radical (unpaired) electrons. The number of hydrogen-bond donors (Lipinski definition) is 2. The van der Waals surface area contributed by atoms with Gasteiger partial charge in [-0.1, -0.05) is 6.42 Å². The van der Waals surface area contributed by atoms with Gasteiger partial charge in [0.25, 0.3) is 0 Å². The van der Waals surface area contributed by atoms with Crippen LogP contribution in [0.3, 0.4) is 0 Å². The van der Waals surface area contributed by atoms with E-state index in [1.807, 2.05) is 25.1 Å². The SMILES string of the molecule is COC(=O)CCCCCNC(=S)N/N=C(/C)c1ccc2c(c1)OCCCO2. The second-order valence-electron chi connectivity index (χ2n) is 6.16. The molecule has 0 unspecified atom stereocenters. The number of benzene rings is 1. The molecule has 0 saturated heterocycles. The summed E-state index contributed by atoms with van der Waals surface area (Å²) in [5.41, 5.74) is 4.59. The van der Waals surface area contributed by atoms with Gasteiger partial charge in [-0.05, 0) is 50.2 Å². The Kier molecular flexibility index (Phi) is 8.83. The van der Waals surface area contributed by atoms with Crippen molar-refractivity contribution in [3.8, 4) is 11.5 Å². The van der Waals surface area contributed by atoms with Crippen molar-refractivity contribution in [1.82, 2.24) is 10.7 Å². The van der Waals surface area contributed by atoms with Gasteiger partial charge in [-0.15, -0.1) is 0 Å². The largest absolute Gasteiger partial charge is 0.490 e. The summed E-state index contributed by atoms with van der Waals surface area (Å²) in [5, 5.41) is 7.89. The van der Waals surface area contributed by atoms with E-state index in [9.17, 15) is 4.79 Å². The average Bonchev–Trinajstić information content (AvgIpc) is 2.93. The second-order valence-corrected chi connectivity index (χ2v) is 6.57. The van der Waals surface area contributed by atoms with Crippen LogP contribution in [0.1, 0.15) is 44.6 Å². The number of carbonyl (C=O) groups excluding carboxylic acids is 1. The maximum Gasteiger partial charge on any atom is 0.305 e. The zero-order chi connectivity index (χ0) is 19.5. The summed E-state index contributed by atoms with van der Waals surface area (Å²) in [6.45, 7) is 3.95. The van der Waals surface area contributed by atoms with E-state index in [2.05, 4.69) is 20.6 Å². The number of ether oxygens (including phenoxy) is 3. The molecule has 148 valence electrons. The highest BCUT2D eigenvalue weighted by Crippen LogP contribution is 2.30. The predicted octanol–water partition coefficient (Wildman–Crippen LogP) is 2.77. The summed E-state index contributed by atoms with van der Waals surface area (Å²) in [6.07, 6.45) is 4.00. The molecule has 0 bridgehead atoms. The smallest absolute Gasteiger partial charge is 0.305 e. The highest BCUT2D eigenvalue weighted by molar-refractivity contribution is 7.80. The van der Waals surface area contributed by atoms with Gasteiger partial charge in [-0.3, -0.25) is 10.2 Å². The molecule has 0 aromatic heterocycles. The lowest BCUT2D eigenvalue weighted by atomic mass is 10.1. The Morgan fingerprint density at radius 1 is 1.22 bits per heavy atom. The molecule has 2 rings (SSSR count). The fourth-order valence-electron chi connectivity index (χ4n) is 2.50. The maximum atomic E-state index is 11.0. The number of rotatable bonds is 8. The van der Waals surface area contributed by atoms with Crippen LogP contribution in [0.15, 0.2) is 23.3 Å². The number of hydrazone groups is 1. The molecule has 1 heterocycles. The van der Waals surface area contributed by atoms with Crippen LogP contribution in [0.5, 0.6) is 11.5 Å². The van der Waals surface area contributed by atoms with Gasteiger partial charge in [0.15, 0.2) is 16.6 Å². The molecule has 0 fully saturated rings. The number of thiocarbonyl (C=S) groups is 1. The summed E-state index contributed by atoms with van der Waals surface area (Å²) in [7, 11) is 1.41. The first-order chi connectivity index (χ1) is 13.1. The van der Waals surface area contributed by atoms with E-state index in [1.165, 1.54) is 7.11 Å². The molecule has 27 heavy (non-hydrogen) atoms. The van der Waals surface area contributed by atoms with Crippen LogP contribution < -0.4 is 20.2 Å². The summed E-state index contributed by atoms with van der Waals surface area (Å²) >= 11 is 5.23. The van der Waals surface area contributed by atoms with Gasteiger partial charge in [0, 0.05) is 24.9 Å². The third kappa shape index (κ3) is 7.42. The third-order valence-corrected chi connectivity index (χ3v) is 4.30. The van der Waals surface area contributed by atoms with Crippen LogP contribution in [-0.2, 0) is 9.53 Å². The Bertz CT molecular complexity index is 679. The van der Waals surface area contributed by atoms with Crippen molar-refractivity contribution < 1.29 is 19.0 Å². The molecule has 1 aromatic carbocycles. The molecule has 1 aliphatic rings. The van der Waals surface area contributed by atoms with E-state index in [0.29, 0.717) is 24.7 Å². The van der Waals surface area contributed by atoms with Gasteiger partial charge in [0.2, 0.25) is 0 Å². The number of methoxy groups -OCH3 is 1. The molecule has 0 spiro atoms. The Morgan fingerprint density at radius 3 is 2.78 bits per heavy atom. The lowest BCUT2D eigenvalue weighted by Crippen LogP contribution is -2.33. The van der Waals surface area contributed by atoms with E-state index >= 15 is 0 Å². The van der Waals surface area contributed by atoms with Crippen molar-refractivity contribution in [2.75, 3.05) is 26.9 Å². The predicted molar refractivity (Wildman–Crippen MR) is 108 cm³/mol. The van der Waals surface area contributed by atoms with Crippen molar-refractivity contribution in [2.45, 2.75) is 39.0 Å². The van der Waals surface area contributed by atoms with Gasteiger partial charge in [0.1, 0.15) is 0 Å². The molecule has 0 amide bonds. The van der Waals surface area contributed by atoms with Crippen LogP contribution in [0.25, 0.3) is 0 Å². The van der Waals surface area contributed by atoms with E-state index in [0.717, 1.165) is 55.0 Å². The summed E-state index contributed by atoms with van der Waals surface area (Å²) in [4.78, 5) is 11.0. The summed E-state index contributed by atoms with van der Waals surface area (Å²) < 4.78 is 15.9. The Balaban J connectivity index is 1.72. The molecule has 8 heteroatoms. The molecule has 7 nitrogen and oxygen atoms in total. The highest BCUT2D eigenvalue weighted by atomic mass is 32.1. The van der Waals surface area contributed by atoms with Gasteiger partial charge in [-0.2, -0.15) is 5.10 Å². The van der Waals surface area contributed by atoms with Crippen molar-refractivity contribution in [2.24, 2.45) is 5.10 Å². The van der Waals surface area contributed by atoms with Crippen LogP contribution in [-0.4, -0.2) is 43.7 Å². The van der Waals surface area contributed by atoms with Gasteiger partial charge < -0.3 is 19.5 Å². The second kappa shape index (κ2) is 11.4. The molecule has 0 atom stereocenters. The standard InChI is InChI=1S/C19H27N3O4S/c1-14(15-8-9-16-17(13-15)26-12-6-11-25-16)21-22-19(27)20-10-5-3-4-7-18(23)24-2/h8-9,13H,3-7,10-12H2,1-2H3,(H2,20,22,27)/b21-14-. The van der Waals surface area contributed by atoms with Gasteiger partial charge in [-0.25, -0.2) is 0 Å².